The number of carbonyl (C=O) groups is 1. The number of unbranched alkanes of at least 4 members (excludes halogenated alkanes) is 1. The third-order valence-electron chi connectivity index (χ3n) is 4.05. The zero-order chi connectivity index (χ0) is 16.4. The molecule has 1 aromatic heterocycles. The van der Waals surface area contributed by atoms with Crippen LogP contribution in [0.3, 0.4) is 0 Å². The van der Waals surface area contributed by atoms with Gasteiger partial charge in [0.05, 0.1) is 6.54 Å². The minimum Gasteiger partial charge on any atom is -0.665 e. The van der Waals surface area contributed by atoms with Gasteiger partial charge in [0.1, 0.15) is 5.82 Å². The van der Waals surface area contributed by atoms with E-state index in [-0.39, 0.29) is 118 Å². The number of amides is 1. The van der Waals surface area contributed by atoms with Crippen LogP contribution in [0, 0.1) is 20.4 Å². The molecule has 2 heterocycles. The molecule has 3 rings (SSSR count). The molecule has 0 bridgehead atoms. The van der Waals surface area contributed by atoms with Gasteiger partial charge in [-0.1, -0.05) is 12.5 Å². The Morgan fingerprint density at radius 1 is 1.38 bits per heavy atom. The fourth-order valence-corrected chi connectivity index (χ4v) is 2.90. The van der Waals surface area contributed by atoms with Crippen molar-refractivity contribution in [3.8, 4) is 5.69 Å². The summed E-state index contributed by atoms with van der Waals surface area (Å²) in [7, 11) is 1.81. The van der Waals surface area contributed by atoms with Gasteiger partial charge < -0.3 is 14.8 Å². The summed E-state index contributed by atoms with van der Waals surface area (Å²) in [6.07, 6.45) is 3.61. The van der Waals surface area contributed by atoms with E-state index < -0.39 is 0 Å². The number of rotatable bonds is 5. The van der Waals surface area contributed by atoms with Crippen molar-refractivity contribution in [3.63, 3.8) is 0 Å². The summed E-state index contributed by atoms with van der Waals surface area (Å²) in [5, 5.41) is 4.09. The van der Waals surface area contributed by atoms with Gasteiger partial charge in [-0.3, -0.25) is 4.79 Å². The van der Waals surface area contributed by atoms with Crippen LogP contribution < -0.4 is 58.2 Å². The van der Waals surface area contributed by atoms with Crippen molar-refractivity contribution >= 4 is 5.91 Å². The molecule has 1 aromatic carbocycles. The van der Waals surface area contributed by atoms with Gasteiger partial charge >= 0.3 is 58.2 Å². The largest absolute Gasteiger partial charge is 1.00 e. The Hall–Kier alpha value is 1.33. The van der Waals surface area contributed by atoms with Crippen LogP contribution in [0.15, 0.2) is 24.4 Å². The number of nitrogens with zero attached hydrogens (tertiary/aromatic N) is 4. The predicted molar refractivity (Wildman–Crippen MR) is 90.3 cm³/mol. The van der Waals surface area contributed by atoms with Gasteiger partial charge in [-0.25, -0.2) is 11.5 Å². The summed E-state index contributed by atoms with van der Waals surface area (Å²) < 4.78 is 2.06. The summed E-state index contributed by atoms with van der Waals surface area (Å²) in [6.45, 7) is 9.22. The zero-order valence-corrected chi connectivity index (χ0v) is 26.3. The number of imidazole rings is 1. The van der Waals surface area contributed by atoms with Crippen molar-refractivity contribution < 1.29 is 117 Å². The standard InChI is InChI=1S/C18H21N4O.Rb.W.Y/c1-13-6-7-16-15(10-13)18(23)21(9-5-4-8-19-3)12-17-20-11-14(2)22(16)17;;;/h6-7,9-11H,1,4-5,8,12H2,2-3H3;;;/q-3;+1;;. The van der Waals surface area contributed by atoms with Gasteiger partial charge in [0.2, 0.25) is 5.91 Å². The van der Waals surface area contributed by atoms with Crippen LogP contribution in [-0.4, -0.2) is 34.0 Å². The maximum atomic E-state index is 12.9. The van der Waals surface area contributed by atoms with E-state index in [1.807, 2.05) is 44.9 Å². The van der Waals surface area contributed by atoms with Crippen molar-refractivity contribution in [1.82, 2.24) is 14.5 Å². The molecule has 0 saturated heterocycles. The van der Waals surface area contributed by atoms with Crippen LogP contribution in [0.1, 0.15) is 40.3 Å². The Bertz CT molecular complexity index is 738. The molecule has 0 atom stereocenters. The average Bonchev–Trinajstić information content (AvgIpc) is 2.85. The molecule has 0 N–H and O–H groups in total. The van der Waals surface area contributed by atoms with Crippen molar-refractivity contribution in [2.24, 2.45) is 0 Å². The summed E-state index contributed by atoms with van der Waals surface area (Å²) in [6, 6.07) is 5.74. The second-order valence-corrected chi connectivity index (χ2v) is 5.80. The molecular weight excluding hydrogens is 646 g/mol. The number of benzene rings is 1. The number of hydrogen-bond donors (Lipinski definition) is 0. The van der Waals surface area contributed by atoms with Crippen molar-refractivity contribution in [2.45, 2.75) is 26.3 Å². The molecule has 0 spiro atoms. The van der Waals surface area contributed by atoms with E-state index in [2.05, 4.69) is 21.8 Å². The normalized spacial score (nSPS) is 12.1. The average molecular weight is 668 g/mol. The number of fused-ring (bicyclic) bond motifs is 3. The van der Waals surface area contributed by atoms with E-state index in [1.54, 1.807) is 4.90 Å². The molecule has 5 nitrogen and oxygen atoms in total. The Kier molecular flexibility index (Phi) is 13.5. The second kappa shape index (κ2) is 12.8. The maximum absolute atomic E-state index is 12.9. The van der Waals surface area contributed by atoms with Gasteiger partial charge in [0.25, 0.3) is 0 Å². The van der Waals surface area contributed by atoms with E-state index in [1.165, 1.54) is 0 Å². The molecule has 1 amide bonds. The maximum Gasteiger partial charge on any atom is 1.00 e. The molecule has 26 heavy (non-hydrogen) atoms. The Labute approximate surface area is 244 Å². The summed E-state index contributed by atoms with van der Waals surface area (Å²) in [5.74, 6) is 0.881. The second-order valence-electron chi connectivity index (χ2n) is 5.80. The topological polar surface area (TPSA) is 52.2 Å². The van der Waals surface area contributed by atoms with Crippen LogP contribution >= 0.6 is 0 Å². The number of hydrogen-bond acceptors (Lipinski definition) is 2. The van der Waals surface area contributed by atoms with E-state index in [4.69, 9.17) is 0 Å². The van der Waals surface area contributed by atoms with Gasteiger partial charge in [0, 0.05) is 76.9 Å². The van der Waals surface area contributed by atoms with Crippen molar-refractivity contribution in [2.75, 3.05) is 13.6 Å². The van der Waals surface area contributed by atoms with Gasteiger partial charge in [0.15, 0.2) is 0 Å². The van der Waals surface area contributed by atoms with Crippen molar-refractivity contribution in [3.05, 3.63) is 65.8 Å². The number of aryl methyl sites for hydroxylation is 1. The monoisotopic (exact) mass is 667 g/mol. The Balaban J connectivity index is 0.00000208. The molecule has 0 unspecified atom stereocenters. The molecule has 1 aliphatic heterocycles. The SMILES string of the molecule is [CH2-]c1ccc2c(c1)C(=O)N([CH-]CCC[N-]C)Cc1ncc(C)n1-2.[Rb+].[W].[Y]. The molecular formula is C18H21N4ORbWY-2. The molecule has 1 aliphatic rings. The first-order chi connectivity index (χ1) is 11.1. The van der Waals surface area contributed by atoms with Gasteiger partial charge in [-0.05, 0) is 6.92 Å². The quantitative estimate of drug-likeness (QED) is 0.340. The van der Waals surface area contributed by atoms with Crippen LogP contribution in [0.25, 0.3) is 11.0 Å². The molecule has 131 valence electrons. The Morgan fingerprint density at radius 2 is 2.12 bits per heavy atom. The fourth-order valence-electron chi connectivity index (χ4n) is 2.90. The molecule has 0 fully saturated rings. The van der Waals surface area contributed by atoms with Crippen LogP contribution in [-0.2, 0) is 60.3 Å². The minimum absolute atomic E-state index is 0. The summed E-state index contributed by atoms with van der Waals surface area (Å²) >= 11 is 0. The van der Waals surface area contributed by atoms with E-state index >= 15 is 0 Å². The number of aromatic nitrogens is 2. The van der Waals surface area contributed by atoms with Gasteiger partial charge in [-0.2, -0.15) is 38.6 Å². The van der Waals surface area contributed by atoms with E-state index in [9.17, 15) is 4.79 Å². The molecule has 0 aliphatic carbocycles. The molecule has 2 aromatic rings. The first-order valence-corrected chi connectivity index (χ1v) is 7.81. The summed E-state index contributed by atoms with van der Waals surface area (Å²) in [5.41, 5.74) is 3.42. The molecule has 8 heteroatoms. The van der Waals surface area contributed by atoms with Crippen LogP contribution in [0.2, 0.25) is 0 Å². The van der Waals surface area contributed by atoms with E-state index in [0.29, 0.717) is 12.1 Å². The van der Waals surface area contributed by atoms with Gasteiger partial charge in [-0.15, -0.1) is 6.07 Å². The smallest absolute Gasteiger partial charge is 0.665 e. The summed E-state index contributed by atoms with van der Waals surface area (Å²) in [4.78, 5) is 19.2. The van der Waals surface area contributed by atoms with E-state index in [0.717, 1.165) is 42.2 Å². The van der Waals surface area contributed by atoms with Crippen LogP contribution in [0.4, 0.5) is 0 Å². The zero-order valence-electron chi connectivity index (χ0n) is 15.6. The first kappa shape index (κ1) is 27.3. The minimum atomic E-state index is 0. The fraction of sp³-hybridized carbons (Fsp3) is 0.333. The predicted octanol–water partition coefficient (Wildman–Crippen LogP) is 0.263. The first-order valence-electron chi connectivity index (χ1n) is 7.81. The van der Waals surface area contributed by atoms with Crippen LogP contribution in [0.5, 0.6) is 0 Å². The number of carbonyl (C=O) groups excluding carboxylic acids is 1. The molecule has 0 saturated carbocycles. The third-order valence-corrected chi connectivity index (χ3v) is 4.05. The van der Waals surface area contributed by atoms with Crippen molar-refractivity contribution in [1.29, 1.82) is 0 Å². The molecule has 1 radical (unpaired) electrons. The Morgan fingerprint density at radius 3 is 2.81 bits per heavy atom. The third kappa shape index (κ3) is 6.16.